The summed E-state index contributed by atoms with van der Waals surface area (Å²) in [6.07, 6.45) is 0. The normalized spacial score (nSPS) is 11.9. The topological polar surface area (TPSA) is 96.0 Å². The van der Waals surface area contributed by atoms with Crippen molar-refractivity contribution in [2.75, 3.05) is 25.0 Å². The van der Waals surface area contributed by atoms with Crippen LogP contribution in [0.15, 0.2) is 71.6 Å². The molecule has 3 aromatic carbocycles. The SMILES string of the molecule is CNC(=O)[C@H](C)N(Cc1ccc(OC)cc1)C(=O)CN(c1ccc(Cl)c(Cl)c1)S(=O)(=O)c1ccc(C)cc1. The van der Waals surface area contributed by atoms with E-state index in [4.69, 9.17) is 27.9 Å². The number of carbonyl (C=O) groups is 2. The van der Waals surface area contributed by atoms with Crippen LogP contribution in [0.25, 0.3) is 0 Å². The van der Waals surface area contributed by atoms with Crippen LogP contribution in [0.1, 0.15) is 18.1 Å². The van der Waals surface area contributed by atoms with Gasteiger partial charge in [0.1, 0.15) is 18.3 Å². The van der Waals surface area contributed by atoms with Gasteiger partial charge >= 0.3 is 0 Å². The zero-order chi connectivity index (χ0) is 28.0. The van der Waals surface area contributed by atoms with Crippen molar-refractivity contribution in [3.8, 4) is 5.75 Å². The molecule has 1 N–H and O–H groups in total. The van der Waals surface area contributed by atoms with E-state index in [1.165, 1.54) is 42.3 Å². The molecule has 0 spiro atoms. The second-order valence-electron chi connectivity index (χ2n) is 8.58. The Labute approximate surface area is 233 Å². The monoisotopic (exact) mass is 577 g/mol. The minimum atomic E-state index is -4.20. The number of anilines is 1. The summed E-state index contributed by atoms with van der Waals surface area (Å²) >= 11 is 12.3. The number of nitrogens with one attached hydrogen (secondary N) is 1. The molecule has 2 amide bonds. The molecule has 38 heavy (non-hydrogen) atoms. The maximum atomic E-state index is 13.8. The van der Waals surface area contributed by atoms with Gasteiger partial charge in [0.2, 0.25) is 11.8 Å². The number of rotatable bonds is 10. The quantitative estimate of drug-likeness (QED) is 0.378. The number of ether oxygens (including phenoxy) is 1. The molecule has 0 heterocycles. The predicted molar refractivity (Wildman–Crippen MR) is 149 cm³/mol. The van der Waals surface area contributed by atoms with E-state index in [0.717, 1.165) is 15.4 Å². The highest BCUT2D eigenvalue weighted by atomic mass is 35.5. The van der Waals surface area contributed by atoms with Crippen LogP contribution in [0.3, 0.4) is 0 Å². The summed E-state index contributed by atoms with van der Waals surface area (Å²) in [5, 5.41) is 2.92. The van der Waals surface area contributed by atoms with Crippen LogP contribution in [-0.2, 0) is 26.2 Å². The number of halogens is 2. The zero-order valence-electron chi connectivity index (χ0n) is 21.4. The molecule has 1 atom stereocenters. The fourth-order valence-electron chi connectivity index (χ4n) is 3.73. The third-order valence-electron chi connectivity index (χ3n) is 6.00. The zero-order valence-corrected chi connectivity index (χ0v) is 23.8. The van der Waals surface area contributed by atoms with Crippen molar-refractivity contribution in [3.05, 3.63) is 87.9 Å². The number of likely N-dealkylation sites (N-methyl/N-ethyl adjacent to an activating group) is 1. The van der Waals surface area contributed by atoms with Gasteiger partial charge < -0.3 is 15.0 Å². The lowest BCUT2D eigenvalue weighted by molar-refractivity contribution is -0.139. The van der Waals surface area contributed by atoms with Crippen molar-refractivity contribution in [2.45, 2.75) is 31.3 Å². The lowest BCUT2D eigenvalue weighted by Gasteiger charge is -2.32. The molecule has 0 bridgehead atoms. The van der Waals surface area contributed by atoms with E-state index in [1.807, 2.05) is 6.92 Å². The molecule has 0 saturated heterocycles. The van der Waals surface area contributed by atoms with Crippen LogP contribution < -0.4 is 14.4 Å². The molecule has 0 radical (unpaired) electrons. The highest BCUT2D eigenvalue weighted by molar-refractivity contribution is 7.92. The van der Waals surface area contributed by atoms with Gasteiger partial charge in [0.15, 0.2) is 0 Å². The third kappa shape index (κ3) is 6.78. The first-order valence-corrected chi connectivity index (χ1v) is 13.9. The number of amides is 2. The van der Waals surface area contributed by atoms with Crippen molar-refractivity contribution >= 4 is 50.7 Å². The first kappa shape index (κ1) is 29.3. The number of sulfonamides is 1. The van der Waals surface area contributed by atoms with Gasteiger partial charge in [-0.2, -0.15) is 0 Å². The Morgan fingerprint density at radius 2 is 1.61 bits per heavy atom. The molecule has 0 aliphatic rings. The summed E-state index contributed by atoms with van der Waals surface area (Å²) < 4.78 is 33.7. The van der Waals surface area contributed by atoms with Crippen molar-refractivity contribution in [1.82, 2.24) is 10.2 Å². The first-order valence-electron chi connectivity index (χ1n) is 11.7. The van der Waals surface area contributed by atoms with E-state index < -0.39 is 34.4 Å². The van der Waals surface area contributed by atoms with Gasteiger partial charge in [-0.1, -0.05) is 53.0 Å². The van der Waals surface area contributed by atoms with Gasteiger partial charge in [-0.25, -0.2) is 8.42 Å². The fraction of sp³-hybridized carbons (Fsp3) is 0.259. The van der Waals surface area contributed by atoms with E-state index in [1.54, 1.807) is 50.4 Å². The smallest absolute Gasteiger partial charge is 0.264 e. The molecule has 0 aliphatic carbocycles. The highest BCUT2D eigenvalue weighted by Crippen LogP contribution is 2.31. The lowest BCUT2D eigenvalue weighted by atomic mass is 10.1. The van der Waals surface area contributed by atoms with Crippen LogP contribution >= 0.6 is 23.2 Å². The Balaban J connectivity index is 2.04. The first-order chi connectivity index (χ1) is 18.0. The second-order valence-corrected chi connectivity index (χ2v) is 11.3. The number of aryl methyl sites for hydroxylation is 1. The van der Waals surface area contributed by atoms with E-state index >= 15 is 0 Å². The van der Waals surface area contributed by atoms with Crippen LogP contribution in [0.2, 0.25) is 10.0 Å². The molecule has 0 aromatic heterocycles. The molecule has 3 aromatic rings. The standard InChI is InChI=1S/C27H29Cl2N3O5S/c1-18-5-12-23(13-6-18)38(35,36)32(21-9-14-24(28)25(29)15-21)17-26(33)31(19(2)27(34)30-3)16-20-7-10-22(37-4)11-8-20/h5-15,19H,16-17H2,1-4H3,(H,30,34)/t19-/m0/s1. The van der Waals surface area contributed by atoms with E-state index in [-0.39, 0.29) is 27.2 Å². The number of hydrogen-bond acceptors (Lipinski definition) is 5. The number of nitrogens with zero attached hydrogens (tertiary/aromatic N) is 2. The number of hydrogen-bond donors (Lipinski definition) is 1. The van der Waals surface area contributed by atoms with Crippen LogP contribution in [0, 0.1) is 6.92 Å². The molecular formula is C27H29Cl2N3O5S. The maximum Gasteiger partial charge on any atom is 0.264 e. The third-order valence-corrected chi connectivity index (χ3v) is 8.53. The average molecular weight is 579 g/mol. The summed E-state index contributed by atoms with van der Waals surface area (Å²) in [6.45, 7) is 2.91. The summed E-state index contributed by atoms with van der Waals surface area (Å²) in [5.41, 5.74) is 1.77. The molecule has 202 valence electrons. The molecule has 3 rings (SSSR count). The Morgan fingerprint density at radius 3 is 2.16 bits per heavy atom. The molecule has 0 unspecified atom stereocenters. The van der Waals surface area contributed by atoms with Gasteiger partial charge in [0.25, 0.3) is 10.0 Å². The Morgan fingerprint density at radius 1 is 0.974 bits per heavy atom. The average Bonchev–Trinajstić information content (AvgIpc) is 2.91. The van der Waals surface area contributed by atoms with Crippen molar-refractivity contribution in [1.29, 1.82) is 0 Å². The van der Waals surface area contributed by atoms with Crippen LogP contribution in [0.4, 0.5) is 5.69 Å². The van der Waals surface area contributed by atoms with Crippen LogP contribution in [0.5, 0.6) is 5.75 Å². The Bertz CT molecular complexity index is 1400. The fourth-order valence-corrected chi connectivity index (χ4v) is 5.42. The highest BCUT2D eigenvalue weighted by Gasteiger charge is 2.32. The number of methoxy groups -OCH3 is 1. The summed E-state index contributed by atoms with van der Waals surface area (Å²) in [5.74, 6) is -0.339. The predicted octanol–water partition coefficient (Wildman–Crippen LogP) is 4.67. The molecule has 0 fully saturated rings. The molecule has 11 heteroatoms. The van der Waals surface area contributed by atoms with Gasteiger partial charge in [-0.3, -0.25) is 13.9 Å². The van der Waals surface area contributed by atoms with Gasteiger partial charge in [-0.15, -0.1) is 0 Å². The molecular weight excluding hydrogens is 549 g/mol. The van der Waals surface area contributed by atoms with Crippen LogP contribution in [-0.4, -0.2) is 51.9 Å². The van der Waals surface area contributed by atoms with Crippen molar-refractivity contribution < 1.29 is 22.7 Å². The van der Waals surface area contributed by atoms with Gasteiger partial charge in [-0.05, 0) is 61.9 Å². The minimum absolute atomic E-state index is 0.00280. The van der Waals surface area contributed by atoms with E-state index in [2.05, 4.69) is 5.32 Å². The lowest BCUT2D eigenvalue weighted by Crippen LogP contribution is -2.50. The molecule has 0 aliphatic heterocycles. The molecule has 0 saturated carbocycles. The summed E-state index contributed by atoms with van der Waals surface area (Å²) in [7, 11) is -1.18. The summed E-state index contributed by atoms with van der Waals surface area (Å²) in [4.78, 5) is 27.6. The maximum absolute atomic E-state index is 13.8. The number of benzene rings is 3. The largest absolute Gasteiger partial charge is 0.497 e. The Kier molecular flexibility index (Phi) is 9.65. The second kappa shape index (κ2) is 12.5. The van der Waals surface area contributed by atoms with Crippen molar-refractivity contribution in [2.24, 2.45) is 0 Å². The molecule has 8 nitrogen and oxygen atoms in total. The minimum Gasteiger partial charge on any atom is -0.497 e. The van der Waals surface area contributed by atoms with E-state index in [0.29, 0.717) is 5.75 Å². The van der Waals surface area contributed by atoms with Gasteiger partial charge in [0.05, 0.1) is 27.7 Å². The van der Waals surface area contributed by atoms with E-state index in [9.17, 15) is 18.0 Å². The Hall–Kier alpha value is -3.27. The van der Waals surface area contributed by atoms with Crippen molar-refractivity contribution in [3.63, 3.8) is 0 Å². The summed E-state index contributed by atoms with van der Waals surface area (Å²) in [6, 6.07) is 16.8. The van der Waals surface area contributed by atoms with Gasteiger partial charge in [0, 0.05) is 13.6 Å². The number of carbonyl (C=O) groups excluding carboxylic acids is 2.